The van der Waals surface area contributed by atoms with Gasteiger partial charge in [0.05, 0.1) is 32.8 Å². The molecular formula is C33H42O8Si. The van der Waals surface area contributed by atoms with Gasteiger partial charge in [-0.05, 0) is 40.0 Å². The van der Waals surface area contributed by atoms with Gasteiger partial charge in [-0.3, -0.25) is 4.79 Å². The normalized spacial score (nSPS) is 14.3. The third-order valence-electron chi connectivity index (χ3n) is 7.53. The molecule has 0 fully saturated rings. The van der Waals surface area contributed by atoms with Crippen molar-refractivity contribution in [1.29, 1.82) is 0 Å². The number of ether oxygens (including phenoxy) is 6. The standard InChI is InChI=1S/C33H42O8Si/c1-7-37-31(34)20-27(24-18-28(36-6)32-29(19-24)39-23-40-32)30(38-22-35-5)21-41-42(33(2,3)4,25-14-10-8-11-15-25)26-16-12-9-13-17-26/h8-19,27,30H,7,20-23H2,1-6H3/t27-,30+/m0/s1. The van der Waals surface area contributed by atoms with Crippen molar-refractivity contribution in [3.63, 3.8) is 0 Å². The van der Waals surface area contributed by atoms with Gasteiger partial charge in [0, 0.05) is 13.0 Å². The molecule has 4 rings (SSSR count). The predicted molar refractivity (Wildman–Crippen MR) is 163 cm³/mol. The second kappa shape index (κ2) is 14.2. The largest absolute Gasteiger partial charge is 0.493 e. The van der Waals surface area contributed by atoms with Crippen molar-refractivity contribution in [2.24, 2.45) is 0 Å². The highest BCUT2D eigenvalue weighted by Gasteiger charge is 2.50. The van der Waals surface area contributed by atoms with Crippen LogP contribution < -0.4 is 24.6 Å². The number of fused-ring (bicyclic) bond motifs is 1. The topological polar surface area (TPSA) is 81.7 Å². The van der Waals surface area contributed by atoms with Gasteiger partial charge in [0.2, 0.25) is 12.5 Å². The summed E-state index contributed by atoms with van der Waals surface area (Å²) in [6.07, 6.45) is -0.504. The van der Waals surface area contributed by atoms with E-state index in [1.54, 1.807) is 21.1 Å². The smallest absolute Gasteiger partial charge is 0.306 e. The number of carbonyl (C=O) groups is 1. The Morgan fingerprint density at radius 3 is 2.14 bits per heavy atom. The van der Waals surface area contributed by atoms with E-state index in [-0.39, 0.29) is 44.2 Å². The highest BCUT2D eigenvalue weighted by molar-refractivity contribution is 6.99. The lowest BCUT2D eigenvalue weighted by Crippen LogP contribution is -2.67. The molecule has 0 radical (unpaired) electrons. The van der Waals surface area contributed by atoms with E-state index in [0.29, 0.717) is 17.2 Å². The van der Waals surface area contributed by atoms with Crippen LogP contribution in [0.4, 0.5) is 0 Å². The monoisotopic (exact) mass is 594 g/mol. The van der Waals surface area contributed by atoms with Crippen molar-refractivity contribution in [3.05, 3.63) is 78.4 Å². The van der Waals surface area contributed by atoms with Gasteiger partial charge in [-0.2, -0.15) is 0 Å². The molecule has 0 aliphatic carbocycles. The molecule has 0 amide bonds. The van der Waals surface area contributed by atoms with Gasteiger partial charge in [0.15, 0.2) is 11.5 Å². The average molecular weight is 595 g/mol. The Kier molecular flexibility index (Phi) is 10.7. The zero-order chi connectivity index (χ0) is 30.2. The number of methoxy groups -OCH3 is 2. The minimum Gasteiger partial charge on any atom is -0.493 e. The molecule has 0 saturated carbocycles. The molecule has 2 atom stereocenters. The Hall–Kier alpha value is -3.37. The van der Waals surface area contributed by atoms with Crippen LogP contribution in [0.3, 0.4) is 0 Å². The first-order chi connectivity index (χ1) is 20.2. The Morgan fingerprint density at radius 2 is 1.60 bits per heavy atom. The lowest BCUT2D eigenvalue weighted by molar-refractivity contribution is -0.146. The van der Waals surface area contributed by atoms with Crippen molar-refractivity contribution in [2.75, 3.05) is 41.0 Å². The highest BCUT2D eigenvalue weighted by Crippen LogP contribution is 2.45. The van der Waals surface area contributed by atoms with Crippen LogP contribution in [-0.4, -0.2) is 61.4 Å². The van der Waals surface area contributed by atoms with Crippen LogP contribution >= 0.6 is 0 Å². The summed E-state index contributed by atoms with van der Waals surface area (Å²) in [5.41, 5.74) is 0.788. The Labute approximate surface area is 249 Å². The molecule has 0 unspecified atom stereocenters. The molecule has 1 heterocycles. The average Bonchev–Trinajstić information content (AvgIpc) is 3.47. The van der Waals surface area contributed by atoms with E-state index in [4.69, 9.17) is 32.8 Å². The van der Waals surface area contributed by atoms with E-state index in [1.165, 1.54) is 0 Å². The van der Waals surface area contributed by atoms with Crippen molar-refractivity contribution in [2.45, 2.75) is 51.2 Å². The lowest BCUT2D eigenvalue weighted by Gasteiger charge is -2.44. The summed E-state index contributed by atoms with van der Waals surface area (Å²) in [5, 5.41) is 2.07. The molecule has 0 N–H and O–H groups in total. The molecule has 0 spiro atoms. The fourth-order valence-electron chi connectivity index (χ4n) is 5.63. The summed E-state index contributed by atoms with van der Waals surface area (Å²) in [5.74, 6) is 0.814. The van der Waals surface area contributed by atoms with Gasteiger partial charge in [0.25, 0.3) is 8.32 Å². The molecule has 3 aromatic carbocycles. The van der Waals surface area contributed by atoms with Crippen molar-refractivity contribution < 1.29 is 37.6 Å². The number of carbonyl (C=O) groups excluding carboxylic acids is 1. The molecule has 1 aliphatic heterocycles. The number of hydrogen-bond donors (Lipinski definition) is 0. The van der Waals surface area contributed by atoms with E-state index >= 15 is 0 Å². The van der Waals surface area contributed by atoms with Gasteiger partial charge < -0.3 is 32.8 Å². The summed E-state index contributed by atoms with van der Waals surface area (Å²) in [6, 6.07) is 24.6. The maximum absolute atomic E-state index is 13.0. The van der Waals surface area contributed by atoms with E-state index in [2.05, 4.69) is 69.3 Å². The maximum atomic E-state index is 13.0. The molecule has 226 valence electrons. The minimum absolute atomic E-state index is 0.0236. The molecule has 9 heteroatoms. The SMILES string of the molecule is CCOC(=O)C[C@@H](c1cc(OC)c2c(c1)OCO2)[C@@H](CO[Si](c1ccccc1)(c1ccccc1)C(C)(C)C)OCOC. The number of esters is 1. The molecule has 0 bridgehead atoms. The van der Waals surface area contributed by atoms with Crippen molar-refractivity contribution in [1.82, 2.24) is 0 Å². The van der Waals surface area contributed by atoms with Crippen LogP contribution in [-0.2, 0) is 23.4 Å². The molecule has 1 aliphatic rings. The molecule has 42 heavy (non-hydrogen) atoms. The van der Waals surface area contributed by atoms with Crippen molar-refractivity contribution in [3.8, 4) is 17.2 Å². The predicted octanol–water partition coefficient (Wildman–Crippen LogP) is 5.03. The second-order valence-electron chi connectivity index (χ2n) is 11.2. The summed E-state index contributed by atoms with van der Waals surface area (Å²) in [6.45, 7) is 9.07. The third kappa shape index (κ3) is 6.81. The highest BCUT2D eigenvalue weighted by atomic mass is 28.4. The third-order valence-corrected chi connectivity index (χ3v) is 12.5. The zero-order valence-corrected chi connectivity index (χ0v) is 26.4. The van der Waals surface area contributed by atoms with Crippen LogP contribution in [0.15, 0.2) is 72.8 Å². The van der Waals surface area contributed by atoms with E-state index < -0.39 is 20.3 Å². The first-order valence-electron chi connectivity index (χ1n) is 14.2. The summed E-state index contributed by atoms with van der Waals surface area (Å²) >= 11 is 0. The van der Waals surface area contributed by atoms with Gasteiger partial charge in [-0.1, -0.05) is 81.4 Å². The Bertz CT molecular complexity index is 1250. The molecule has 8 nitrogen and oxygen atoms in total. The molecule has 0 aromatic heterocycles. The first-order valence-corrected chi connectivity index (χ1v) is 16.1. The lowest BCUT2D eigenvalue weighted by atomic mass is 9.90. The van der Waals surface area contributed by atoms with Gasteiger partial charge >= 0.3 is 5.97 Å². The summed E-state index contributed by atoms with van der Waals surface area (Å²) < 4.78 is 41.2. The van der Waals surface area contributed by atoms with Crippen molar-refractivity contribution >= 4 is 24.7 Å². The maximum Gasteiger partial charge on any atom is 0.306 e. The van der Waals surface area contributed by atoms with E-state index in [9.17, 15) is 4.79 Å². The Balaban J connectivity index is 1.80. The van der Waals surface area contributed by atoms with Crippen LogP contribution in [0.2, 0.25) is 5.04 Å². The van der Waals surface area contributed by atoms with Crippen LogP contribution in [0.5, 0.6) is 17.2 Å². The molecular weight excluding hydrogens is 552 g/mol. The number of rotatable bonds is 14. The quantitative estimate of drug-likeness (QED) is 0.146. The van der Waals surface area contributed by atoms with Gasteiger partial charge in [0.1, 0.15) is 6.79 Å². The van der Waals surface area contributed by atoms with Crippen LogP contribution in [0, 0.1) is 0 Å². The summed E-state index contributed by atoms with van der Waals surface area (Å²) in [4.78, 5) is 13.0. The number of benzene rings is 3. The molecule has 0 saturated heterocycles. The van der Waals surface area contributed by atoms with Gasteiger partial charge in [-0.25, -0.2) is 0 Å². The first kappa shape index (κ1) is 31.6. The summed E-state index contributed by atoms with van der Waals surface area (Å²) in [7, 11) is 0.255. The van der Waals surface area contributed by atoms with E-state index in [0.717, 1.165) is 15.9 Å². The second-order valence-corrected chi connectivity index (χ2v) is 15.5. The van der Waals surface area contributed by atoms with E-state index in [1.807, 2.05) is 24.3 Å². The minimum atomic E-state index is -2.89. The van der Waals surface area contributed by atoms with Crippen LogP contribution in [0.1, 0.15) is 45.6 Å². The van der Waals surface area contributed by atoms with Crippen LogP contribution in [0.25, 0.3) is 0 Å². The number of hydrogen-bond acceptors (Lipinski definition) is 8. The van der Waals surface area contributed by atoms with Gasteiger partial charge in [-0.15, -0.1) is 0 Å². The molecule has 3 aromatic rings. The fraction of sp³-hybridized carbons (Fsp3) is 0.424. The fourth-order valence-corrected chi connectivity index (χ4v) is 10.2. The Morgan fingerprint density at radius 1 is 0.952 bits per heavy atom. The zero-order valence-electron chi connectivity index (χ0n) is 25.4.